The number of nitrogens with one attached hydrogen (secondary N) is 2. The Morgan fingerprint density at radius 3 is 2.95 bits per heavy atom. The minimum absolute atomic E-state index is 0.00365. The number of anilines is 1. The average Bonchev–Trinajstić information content (AvgIpc) is 2.46. The summed E-state index contributed by atoms with van der Waals surface area (Å²) in [5.74, 6) is 0.148. The first-order valence-corrected chi connectivity index (χ1v) is 7.64. The monoisotopic (exact) mass is 299 g/mol. The zero-order chi connectivity index (χ0) is 15.7. The maximum atomic E-state index is 12.2. The molecule has 1 aromatic heterocycles. The number of nitrogens with zero attached hydrogens (tertiary/aromatic N) is 1. The average molecular weight is 299 g/mol. The van der Waals surface area contributed by atoms with Crippen LogP contribution in [0.3, 0.4) is 0 Å². The number of hydrogen-bond acceptors (Lipinski definition) is 4. The minimum Gasteiger partial charge on any atom is -0.384 e. The second-order valence-corrected chi connectivity index (χ2v) is 6.09. The number of carbonyl (C=O) groups excluding carboxylic acids is 1. The third kappa shape index (κ3) is 2.90. The highest BCUT2D eigenvalue weighted by atomic mass is 16.1. The fourth-order valence-corrected chi connectivity index (χ4v) is 3.15. The number of aromatic amines is 1. The summed E-state index contributed by atoms with van der Waals surface area (Å²) in [4.78, 5) is 28.3. The number of carbonyl (C=O) groups is 1. The zero-order valence-corrected chi connectivity index (χ0v) is 13.0. The van der Waals surface area contributed by atoms with E-state index < -0.39 is 0 Å². The summed E-state index contributed by atoms with van der Waals surface area (Å²) in [6, 6.07) is 6.12. The molecule has 1 aliphatic rings. The molecule has 5 heteroatoms. The van der Waals surface area contributed by atoms with E-state index in [1.165, 1.54) is 0 Å². The first-order valence-electron chi connectivity index (χ1n) is 7.64. The standard InChI is InChI=1S/C17H21N3O2/c1-11(21)9-20(2)10-12-5-6-13-15(8-12)19-17(22)14-4-3-7-18-16(13)14/h5-6,8,18H,3-4,7,9-10H2,1-2H3,(H,19,22). The number of rotatable bonds is 4. The van der Waals surface area contributed by atoms with Crippen LogP contribution in [0.1, 0.15) is 24.5 Å². The number of pyridine rings is 1. The highest BCUT2D eigenvalue weighted by molar-refractivity contribution is 5.93. The number of H-pyrrole nitrogens is 1. The predicted molar refractivity (Wildman–Crippen MR) is 88.4 cm³/mol. The van der Waals surface area contributed by atoms with Gasteiger partial charge in [0.25, 0.3) is 5.56 Å². The molecular weight excluding hydrogens is 278 g/mol. The van der Waals surface area contributed by atoms with E-state index in [-0.39, 0.29) is 11.3 Å². The molecule has 1 aliphatic heterocycles. The molecule has 0 radical (unpaired) electrons. The van der Waals surface area contributed by atoms with Crippen LogP contribution in [-0.4, -0.2) is 35.8 Å². The second kappa shape index (κ2) is 5.93. The van der Waals surface area contributed by atoms with Crippen LogP contribution in [0.25, 0.3) is 10.9 Å². The van der Waals surface area contributed by atoms with Gasteiger partial charge in [0.1, 0.15) is 5.78 Å². The van der Waals surface area contributed by atoms with Gasteiger partial charge in [0.05, 0.1) is 17.7 Å². The zero-order valence-electron chi connectivity index (χ0n) is 13.0. The van der Waals surface area contributed by atoms with Crippen LogP contribution in [0.4, 0.5) is 5.69 Å². The minimum atomic E-state index is 0.00365. The van der Waals surface area contributed by atoms with Gasteiger partial charge < -0.3 is 10.3 Å². The molecule has 116 valence electrons. The third-order valence-corrected chi connectivity index (χ3v) is 4.03. The molecule has 5 nitrogen and oxygen atoms in total. The molecule has 0 fully saturated rings. The van der Waals surface area contributed by atoms with Crippen molar-refractivity contribution in [3.8, 4) is 0 Å². The van der Waals surface area contributed by atoms with Gasteiger partial charge in [-0.2, -0.15) is 0 Å². The lowest BCUT2D eigenvalue weighted by atomic mass is 10.0. The quantitative estimate of drug-likeness (QED) is 0.905. The molecule has 3 rings (SSSR count). The number of aromatic nitrogens is 1. The van der Waals surface area contributed by atoms with Crippen LogP contribution in [0.2, 0.25) is 0 Å². The van der Waals surface area contributed by atoms with Crippen LogP contribution in [-0.2, 0) is 17.8 Å². The van der Waals surface area contributed by atoms with Gasteiger partial charge in [-0.05, 0) is 38.4 Å². The number of Topliss-reactive ketones (excluding diaryl/α,β-unsaturated/α-hetero) is 1. The van der Waals surface area contributed by atoms with Crippen LogP contribution in [0, 0.1) is 0 Å². The van der Waals surface area contributed by atoms with Crippen LogP contribution in [0.15, 0.2) is 23.0 Å². The van der Waals surface area contributed by atoms with Crippen molar-refractivity contribution in [1.29, 1.82) is 0 Å². The van der Waals surface area contributed by atoms with E-state index in [9.17, 15) is 9.59 Å². The van der Waals surface area contributed by atoms with E-state index in [0.717, 1.165) is 47.1 Å². The third-order valence-electron chi connectivity index (χ3n) is 4.03. The number of likely N-dealkylation sites (N-methyl/N-ethyl adjacent to an activating group) is 1. The smallest absolute Gasteiger partial charge is 0.253 e. The van der Waals surface area contributed by atoms with E-state index in [1.54, 1.807) is 6.92 Å². The van der Waals surface area contributed by atoms with Gasteiger partial charge >= 0.3 is 0 Å². The summed E-state index contributed by atoms with van der Waals surface area (Å²) in [5.41, 5.74) is 3.78. The lowest BCUT2D eigenvalue weighted by Crippen LogP contribution is -2.24. The van der Waals surface area contributed by atoms with Crippen molar-refractivity contribution in [1.82, 2.24) is 9.88 Å². The number of benzene rings is 1. The maximum Gasteiger partial charge on any atom is 0.253 e. The highest BCUT2D eigenvalue weighted by Gasteiger charge is 2.16. The Morgan fingerprint density at radius 1 is 1.36 bits per heavy atom. The van der Waals surface area contributed by atoms with E-state index in [0.29, 0.717) is 13.1 Å². The summed E-state index contributed by atoms with van der Waals surface area (Å²) in [6.07, 6.45) is 1.83. The van der Waals surface area contributed by atoms with Crippen molar-refractivity contribution < 1.29 is 4.79 Å². The van der Waals surface area contributed by atoms with Crippen molar-refractivity contribution in [2.24, 2.45) is 0 Å². The van der Waals surface area contributed by atoms with Crippen molar-refractivity contribution in [3.05, 3.63) is 39.7 Å². The molecule has 0 unspecified atom stereocenters. The number of fused-ring (bicyclic) bond motifs is 3. The van der Waals surface area contributed by atoms with E-state index >= 15 is 0 Å². The van der Waals surface area contributed by atoms with Gasteiger partial charge in [-0.15, -0.1) is 0 Å². The Hall–Kier alpha value is -2.14. The number of hydrogen-bond donors (Lipinski definition) is 2. The summed E-state index contributed by atoms with van der Waals surface area (Å²) in [7, 11) is 1.92. The van der Waals surface area contributed by atoms with Crippen molar-refractivity contribution in [2.75, 3.05) is 25.5 Å². The summed E-state index contributed by atoms with van der Waals surface area (Å²) in [6.45, 7) is 3.61. The molecule has 2 aromatic rings. The molecule has 2 N–H and O–H groups in total. The molecule has 1 aromatic carbocycles. The maximum absolute atomic E-state index is 12.2. The highest BCUT2D eigenvalue weighted by Crippen LogP contribution is 2.28. The summed E-state index contributed by atoms with van der Waals surface area (Å²) >= 11 is 0. The van der Waals surface area contributed by atoms with Gasteiger partial charge in [0.2, 0.25) is 0 Å². The Bertz CT molecular complexity index is 779. The first-order chi connectivity index (χ1) is 10.5. The summed E-state index contributed by atoms with van der Waals surface area (Å²) in [5, 5.41) is 4.42. The topological polar surface area (TPSA) is 65.2 Å². The van der Waals surface area contributed by atoms with Gasteiger partial charge in [-0.1, -0.05) is 12.1 Å². The predicted octanol–water partition coefficient (Wildman–Crippen LogP) is 1.91. The Kier molecular flexibility index (Phi) is 3.98. The lowest BCUT2D eigenvalue weighted by molar-refractivity contribution is -0.117. The fraction of sp³-hybridized carbons (Fsp3) is 0.412. The molecule has 2 heterocycles. The van der Waals surface area contributed by atoms with E-state index in [4.69, 9.17) is 0 Å². The molecule has 0 bridgehead atoms. The van der Waals surface area contributed by atoms with Crippen molar-refractivity contribution in [3.63, 3.8) is 0 Å². The van der Waals surface area contributed by atoms with Crippen LogP contribution in [0.5, 0.6) is 0 Å². The largest absolute Gasteiger partial charge is 0.384 e. The van der Waals surface area contributed by atoms with Crippen molar-refractivity contribution >= 4 is 22.4 Å². The van der Waals surface area contributed by atoms with E-state index in [1.807, 2.05) is 18.0 Å². The van der Waals surface area contributed by atoms with Crippen LogP contribution >= 0.6 is 0 Å². The molecular formula is C17H21N3O2. The lowest BCUT2D eigenvalue weighted by Gasteiger charge is -2.20. The SMILES string of the molecule is CC(=O)CN(C)Cc1ccc2c3c(c(=O)[nH]c2c1)CCCN3. The fourth-order valence-electron chi connectivity index (χ4n) is 3.15. The molecule has 0 saturated heterocycles. The van der Waals surface area contributed by atoms with Crippen molar-refractivity contribution in [2.45, 2.75) is 26.3 Å². The Labute approximate surface area is 129 Å². The Balaban J connectivity index is 1.97. The van der Waals surface area contributed by atoms with Gasteiger partial charge in [0, 0.05) is 24.0 Å². The van der Waals surface area contributed by atoms with Gasteiger partial charge in [-0.3, -0.25) is 14.5 Å². The molecule has 0 amide bonds. The second-order valence-electron chi connectivity index (χ2n) is 6.09. The number of ketones is 1. The first kappa shape index (κ1) is 14.8. The van der Waals surface area contributed by atoms with E-state index in [2.05, 4.69) is 22.4 Å². The van der Waals surface area contributed by atoms with Crippen LogP contribution < -0.4 is 10.9 Å². The molecule has 0 aliphatic carbocycles. The normalized spacial score (nSPS) is 14.0. The summed E-state index contributed by atoms with van der Waals surface area (Å²) < 4.78 is 0. The van der Waals surface area contributed by atoms with Gasteiger partial charge in [-0.25, -0.2) is 0 Å². The molecule has 0 spiro atoms. The van der Waals surface area contributed by atoms with Gasteiger partial charge in [0.15, 0.2) is 0 Å². The molecule has 0 atom stereocenters. The molecule has 0 saturated carbocycles. The molecule has 22 heavy (non-hydrogen) atoms. The Morgan fingerprint density at radius 2 is 2.18 bits per heavy atom.